The summed E-state index contributed by atoms with van der Waals surface area (Å²) in [6.07, 6.45) is 2.07. The van der Waals surface area contributed by atoms with E-state index in [1.54, 1.807) is 7.11 Å². The zero-order valence-corrected chi connectivity index (χ0v) is 16.8. The van der Waals surface area contributed by atoms with Crippen molar-refractivity contribution < 1.29 is 9.84 Å². The molecule has 1 N–H and O–H groups in total. The highest BCUT2D eigenvalue weighted by atomic mass is 16.5. The molecule has 2 rings (SSSR count). The van der Waals surface area contributed by atoms with Gasteiger partial charge in [0, 0.05) is 12.5 Å². The molecule has 0 saturated carbocycles. The summed E-state index contributed by atoms with van der Waals surface area (Å²) in [5.74, 6) is 0.864. The molecule has 0 radical (unpaired) electrons. The van der Waals surface area contributed by atoms with E-state index in [0.717, 1.165) is 34.6 Å². The fraction of sp³-hybridized carbons (Fsp3) is 0.391. The highest BCUT2D eigenvalue weighted by Crippen LogP contribution is 2.39. The molecule has 2 unspecified atom stereocenters. The van der Waals surface area contributed by atoms with Gasteiger partial charge in [-0.15, -0.1) is 0 Å². The van der Waals surface area contributed by atoms with Crippen molar-refractivity contribution in [2.75, 3.05) is 27.7 Å². The SMILES string of the molecule is COc1ccc(C=C(C)C(O)(c2ccccc2C)C(C)CN(C)C)cc1. The monoisotopic (exact) mass is 353 g/mol. The predicted molar refractivity (Wildman–Crippen MR) is 109 cm³/mol. The maximum atomic E-state index is 11.9. The maximum Gasteiger partial charge on any atom is 0.118 e. The highest BCUT2D eigenvalue weighted by molar-refractivity contribution is 5.57. The molecule has 0 saturated heterocycles. The number of aryl methyl sites for hydroxylation is 1. The summed E-state index contributed by atoms with van der Waals surface area (Å²) < 4.78 is 5.23. The minimum absolute atomic E-state index is 0.0353. The zero-order valence-electron chi connectivity index (χ0n) is 16.8. The Kier molecular flexibility index (Phi) is 6.63. The van der Waals surface area contributed by atoms with Crippen LogP contribution in [0.3, 0.4) is 0 Å². The zero-order chi connectivity index (χ0) is 19.3. The van der Waals surface area contributed by atoms with Crippen molar-refractivity contribution in [3.63, 3.8) is 0 Å². The first-order valence-corrected chi connectivity index (χ1v) is 9.05. The Labute approximate surface area is 157 Å². The summed E-state index contributed by atoms with van der Waals surface area (Å²) >= 11 is 0. The summed E-state index contributed by atoms with van der Waals surface area (Å²) in [6, 6.07) is 16.0. The van der Waals surface area contributed by atoms with E-state index in [-0.39, 0.29) is 5.92 Å². The van der Waals surface area contributed by atoms with Gasteiger partial charge in [-0.3, -0.25) is 0 Å². The number of ether oxygens (including phenoxy) is 1. The Morgan fingerprint density at radius 1 is 1.15 bits per heavy atom. The number of methoxy groups -OCH3 is 1. The van der Waals surface area contributed by atoms with Gasteiger partial charge in [-0.2, -0.15) is 0 Å². The first-order valence-electron chi connectivity index (χ1n) is 9.05. The van der Waals surface area contributed by atoms with E-state index in [1.165, 1.54) is 0 Å². The minimum Gasteiger partial charge on any atom is -0.497 e. The number of hydrogen-bond donors (Lipinski definition) is 1. The molecule has 3 nitrogen and oxygen atoms in total. The predicted octanol–water partition coefficient (Wildman–Crippen LogP) is 4.49. The molecule has 0 aliphatic rings. The molecule has 0 amide bonds. The normalized spacial score (nSPS) is 15.6. The van der Waals surface area contributed by atoms with E-state index < -0.39 is 5.60 Å². The fourth-order valence-electron chi connectivity index (χ4n) is 3.61. The molecule has 0 aromatic heterocycles. The lowest BCUT2D eigenvalue weighted by atomic mass is 9.74. The van der Waals surface area contributed by atoms with Crippen molar-refractivity contribution >= 4 is 6.08 Å². The Bertz CT molecular complexity index is 749. The molecule has 0 aliphatic carbocycles. The average Bonchev–Trinajstić information content (AvgIpc) is 2.61. The van der Waals surface area contributed by atoms with Gasteiger partial charge in [0.15, 0.2) is 0 Å². The molecular weight excluding hydrogens is 322 g/mol. The van der Waals surface area contributed by atoms with Crippen LogP contribution in [0.4, 0.5) is 0 Å². The van der Waals surface area contributed by atoms with E-state index >= 15 is 0 Å². The molecular formula is C23H31NO2. The number of aliphatic hydroxyl groups is 1. The highest BCUT2D eigenvalue weighted by Gasteiger charge is 2.38. The summed E-state index contributed by atoms with van der Waals surface area (Å²) in [7, 11) is 5.74. The van der Waals surface area contributed by atoms with Crippen LogP contribution in [0, 0.1) is 12.8 Å². The summed E-state index contributed by atoms with van der Waals surface area (Å²) in [5, 5.41) is 11.9. The lowest BCUT2D eigenvalue weighted by Gasteiger charge is -2.38. The van der Waals surface area contributed by atoms with Crippen molar-refractivity contribution in [3.05, 3.63) is 70.8 Å². The molecule has 26 heavy (non-hydrogen) atoms. The van der Waals surface area contributed by atoms with Gasteiger partial charge >= 0.3 is 0 Å². The van der Waals surface area contributed by atoms with Crippen molar-refractivity contribution in [3.8, 4) is 5.75 Å². The van der Waals surface area contributed by atoms with Crippen molar-refractivity contribution in [2.24, 2.45) is 5.92 Å². The van der Waals surface area contributed by atoms with Crippen molar-refractivity contribution in [1.29, 1.82) is 0 Å². The molecule has 0 heterocycles. The van der Waals surface area contributed by atoms with Gasteiger partial charge in [0.25, 0.3) is 0 Å². The average molecular weight is 354 g/mol. The number of rotatable bonds is 7. The molecule has 2 aromatic rings. The van der Waals surface area contributed by atoms with Gasteiger partial charge in [-0.05, 0) is 62.3 Å². The van der Waals surface area contributed by atoms with Crippen LogP contribution in [0.2, 0.25) is 0 Å². The van der Waals surface area contributed by atoms with Crippen LogP contribution in [0.1, 0.15) is 30.5 Å². The Morgan fingerprint density at radius 2 is 1.77 bits per heavy atom. The molecule has 0 aliphatic heterocycles. The lowest BCUT2D eigenvalue weighted by Crippen LogP contribution is -2.40. The summed E-state index contributed by atoms with van der Waals surface area (Å²) in [5.41, 5.74) is 3.02. The topological polar surface area (TPSA) is 32.7 Å². The van der Waals surface area contributed by atoms with Gasteiger partial charge < -0.3 is 14.7 Å². The van der Waals surface area contributed by atoms with Gasteiger partial charge in [0.1, 0.15) is 11.4 Å². The van der Waals surface area contributed by atoms with E-state index in [9.17, 15) is 5.11 Å². The van der Waals surface area contributed by atoms with Gasteiger partial charge in [0.2, 0.25) is 0 Å². The van der Waals surface area contributed by atoms with Crippen molar-refractivity contribution in [2.45, 2.75) is 26.4 Å². The number of benzene rings is 2. The molecule has 2 atom stereocenters. The third-order valence-electron chi connectivity index (χ3n) is 5.01. The van der Waals surface area contributed by atoms with Gasteiger partial charge in [-0.1, -0.05) is 49.4 Å². The summed E-state index contributed by atoms with van der Waals surface area (Å²) in [6.45, 7) is 6.97. The Morgan fingerprint density at radius 3 is 2.31 bits per heavy atom. The fourth-order valence-corrected chi connectivity index (χ4v) is 3.61. The van der Waals surface area contributed by atoms with Crippen LogP contribution >= 0.6 is 0 Å². The van der Waals surface area contributed by atoms with E-state index in [0.29, 0.717) is 0 Å². The van der Waals surface area contributed by atoms with E-state index in [4.69, 9.17) is 4.74 Å². The van der Waals surface area contributed by atoms with Crippen molar-refractivity contribution in [1.82, 2.24) is 4.90 Å². The Hall–Kier alpha value is -2.10. The van der Waals surface area contributed by atoms with E-state index in [2.05, 4.69) is 30.9 Å². The molecule has 0 spiro atoms. The molecule has 3 heteroatoms. The van der Waals surface area contributed by atoms with E-state index in [1.807, 2.05) is 63.5 Å². The smallest absolute Gasteiger partial charge is 0.118 e. The van der Waals surface area contributed by atoms with Gasteiger partial charge in [0.05, 0.1) is 7.11 Å². The second kappa shape index (κ2) is 8.52. The first kappa shape index (κ1) is 20.2. The minimum atomic E-state index is -1.03. The van der Waals surface area contributed by atoms with Crippen LogP contribution in [0.25, 0.3) is 6.08 Å². The largest absolute Gasteiger partial charge is 0.497 e. The third-order valence-corrected chi connectivity index (χ3v) is 5.01. The standard InChI is InChI=1S/C23H31NO2/c1-17-9-7-8-10-22(17)23(25,19(3)16-24(4)5)18(2)15-20-11-13-21(26-6)14-12-20/h7-15,19,25H,16H2,1-6H3. The maximum absolute atomic E-state index is 11.9. The second-order valence-corrected chi connectivity index (χ2v) is 7.35. The van der Waals surface area contributed by atoms with Crippen LogP contribution in [-0.2, 0) is 5.60 Å². The second-order valence-electron chi connectivity index (χ2n) is 7.35. The Balaban J connectivity index is 2.51. The van der Waals surface area contributed by atoms with Gasteiger partial charge in [-0.25, -0.2) is 0 Å². The molecule has 140 valence electrons. The van der Waals surface area contributed by atoms with Crippen LogP contribution in [0.15, 0.2) is 54.1 Å². The lowest BCUT2D eigenvalue weighted by molar-refractivity contribution is 0.00998. The molecule has 0 fully saturated rings. The number of hydrogen-bond acceptors (Lipinski definition) is 3. The van der Waals surface area contributed by atoms with Crippen LogP contribution < -0.4 is 4.74 Å². The molecule has 0 bridgehead atoms. The quantitative estimate of drug-likeness (QED) is 0.796. The van der Waals surface area contributed by atoms with Crippen LogP contribution in [0.5, 0.6) is 5.75 Å². The third kappa shape index (κ3) is 4.35. The number of nitrogens with zero attached hydrogens (tertiary/aromatic N) is 1. The molecule has 2 aromatic carbocycles. The van der Waals surface area contributed by atoms with Crippen LogP contribution in [-0.4, -0.2) is 37.8 Å². The summed E-state index contributed by atoms with van der Waals surface area (Å²) in [4.78, 5) is 2.12. The first-order chi connectivity index (χ1) is 12.3.